The van der Waals surface area contributed by atoms with Crippen molar-refractivity contribution in [1.29, 1.82) is 0 Å². The summed E-state index contributed by atoms with van der Waals surface area (Å²) >= 11 is 0. The molecular weight excluding hydrogens is 326 g/mol. The van der Waals surface area contributed by atoms with Gasteiger partial charge in [-0.25, -0.2) is 4.79 Å². The molecule has 1 aromatic carbocycles. The zero-order chi connectivity index (χ0) is 19.1. The quantitative estimate of drug-likeness (QED) is 0.719. The van der Waals surface area contributed by atoms with E-state index in [9.17, 15) is 9.59 Å². The molecule has 2 atom stereocenters. The predicted octanol–water partition coefficient (Wildman–Crippen LogP) is 4.01. The first kappa shape index (κ1) is 20.4. The van der Waals surface area contributed by atoms with Gasteiger partial charge in [-0.1, -0.05) is 57.4 Å². The summed E-state index contributed by atoms with van der Waals surface area (Å²) < 4.78 is 0. The summed E-state index contributed by atoms with van der Waals surface area (Å²) in [6.07, 6.45) is 5.52. The lowest BCUT2D eigenvalue weighted by Crippen LogP contribution is -2.50. The molecule has 1 aliphatic rings. The number of carbonyl (C=O) groups is 2. The number of carbonyl (C=O) groups excluding carboxylic acids is 2. The van der Waals surface area contributed by atoms with E-state index >= 15 is 0 Å². The standard InChI is InChI=1S/C21H33N3O2/c1-14(2)17-10-12-18(13-11-17)15(3)22-16(4)20(25)24-21(26)23-19-8-6-5-7-9-19/h10-16,19,22H,5-9H2,1-4H3,(H2,23,24,25,26)/t15-,16+/m0/s1. The van der Waals surface area contributed by atoms with Gasteiger partial charge in [-0.05, 0) is 43.7 Å². The van der Waals surface area contributed by atoms with Crippen LogP contribution in [0.25, 0.3) is 0 Å². The topological polar surface area (TPSA) is 70.2 Å². The lowest BCUT2D eigenvalue weighted by atomic mass is 9.96. The molecule has 5 heteroatoms. The molecule has 144 valence electrons. The molecule has 1 saturated carbocycles. The Morgan fingerprint density at radius 3 is 2.08 bits per heavy atom. The summed E-state index contributed by atoms with van der Waals surface area (Å²) in [7, 11) is 0. The van der Waals surface area contributed by atoms with Crippen LogP contribution in [0.2, 0.25) is 0 Å². The Hall–Kier alpha value is -1.88. The summed E-state index contributed by atoms with van der Waals surface area (Å²) in [6.45, 7) is 8.14. The monoisotopic (exact) mass is 359 g/mol. The van der Waals surface area contributed by atoms with Crippen molar-refractivity contribution in [3.63, 3.8) is 0 Å². The smallest absolute Gasteiger partial charge is 0.321 e. The van der Waals surface area contributed by atoms with Crippen LogP contribution in [0.15, 0.2) is 24.3 Å². The molecule has 0 unspecified atom stereocenters. The van der Waals surface area contributed by atoms with Crippen LogP contribution in [0.1, 0.15) is 82.9 Å². The molecule has 0 bridgehead atoms. The van der Waals surface area contributed by atoms with Crippen molar-refractivity contribution < 1.29 is 9.59 Å². The van der Waals surface area contributed by atoms with Crippen LogP contribution in [-0.2, 0) is 4.79 Å². The van der Waals surface area contributed by atoms with Crippen molar-refractivity contribution in [1.82, 2.24) is 16.0 Å². The van der Waals surface area contributed by atoms with Gasteiger partial charge in [-0.15, -0.1) is 0 Å². The Labute approximate surface area is 157 Å². The Morgan fingerprint density at radius 1 is 0.923 bits per heavy atom. The first-order valence-electron chi connectivity index (χ1n) is 9.84. The highest BCUT2D eigenvalue weighted by molar-refractivity contribution is 5.96. The minimum absolute atomic E-state index is 0.0263. The Kier molecular flexibility index (Phi) is 7.64. The minimum Gasteiger partial charge on any atom is -0.335 e. The van der Waals surface area contributed by atoms with Gasteiger partial charge in [-0.3, -0.25) is 15.4 Å². The van der Waals surface area contributed by atoms with Crippen LogP contribution in [-0.4, -0.2) is 24.0 Å². The van der Waals surface area contributed by atoms with Gasteiger partial charge >= 0.3 is 6.03 Å². The van der Waals surface area contributed by atoms with Crippen molar-refractivity contribution >= 4 is 11.9 Å². The normalized spacial score (nSPS) is 17.6. The predicted molar refractivity (Wildman–Crippen MR) is 105 cm³/mol. The molecular formula is C21H33N3O2. The van der Waals surface area contributed by atoms with E-state index in [2.05, 4.69) is 54.1 Å². The van der Waals surface area contributed by atoms with Gasteiger partial charge in [0.05, 0.1) is 6.04 Å². The molecule has 0 aromatic heterocycles. The number of rotatable bonds is 6. The highest BCUT2D eigenvalue weighted by Crippen LogP contribution is 2.19. The zero-order valence-electron chi connectivity index (χ0n) is 16.5. The molecule has 0 heterocycles. The van der Waals surface area contributed by atoms with E-state index in [1.807, 2.05) is 6.92 Å². The number of nitrogens with one attached hydrogen (secondary N) is 3. The van der Waals surface area contributed by atoms with Gasteiger partial charge in [0.25, 0.3) is 0 Å². The van der Waals surface area contributed by atoms with Crippen molar-refractivity contribution in [3.8, 4) is 0 Å². The number of urea groups is 1. The molecule has 0 saturated heterocycles. The minimum atomic E-state index is -0.452. The SMILES string of the molecule is CC(C)c1ccc([C@H](C)N[C@H](C)C(=O)NC(=O)NC2CCCCC2)cc1. The number of hydrogen-bond donors (Lipinski definition) is 3. The summed E-state index contributed by atoms with van der Waals surface area (Å²) in [5.41, 5.74) is 2.42. The third-order valence-electron chi connectivity index (χ3n) is 5.17. The summed E-state index contributed by atoms with van der Waals surface area (Å²) in [5, 5.41) is 8.63. The average molecular weight is 360 g/mol. The molecule has 1 aliphatic carbocycles. The second-order valence-electron chi connectivity index (χ2n) is 7.73. The van der Waals surface area contributed by atoms with E-state index in [0.717, 1.165) is 31.2 Å². The fourth-order valence-electron chi connectivity index (χ4n) is 3.41. The van der Waals surface area contributed by atoms with E-state index in [-0.39, 0.29) is 24.0 Å². The Balaban J connectivity index is 1.80. The number of amides is 3. The summed E-state index contributed by atoms with van der Waals surface area (Å²) in [6, 6.07) is 7.81. The van der Waals surface area contributed by atoms with Crippen molar-refractivity contribution in [3.05, 3.63) is 35.4 Å². The zero-order valence-corrected chi connectivity index (χ0v) is 16.5. The fourth-order valence-corrected chi connectivity index (χ4v) is 3.41. The molecule has 0 spiro atoms. The van der Waals surface area contributed by atoms with Gasteiger partial charge < -0.3 is 5.32 Å². The molecule has 2 rings (SSSR count). The van der Waals surface area contributed by atoms with Crippen LogP contribution < -0.4 is 16.0 Å². The molecule has 26 heavy (non-hydrogen) atoms. The van der Waals surface area contributed by atoms with Crippen LogP contribution in [0.4, 0.5) is 4.79 Å². The molecule has 0 aliphatic heterocycles. The van der Waals surface area contributed by atoms with Crippen LogP contribution >= 0.6 is 0 Å². The maximum atomic E-state index is 12.3. The van der Waals surface area contributed by atoms with Crippen LogP contribution in [0.5, 0.6) is 0 Å². The van der Waals surface area contributed by atoms with Crippen molar-refractivity contribution in [2.75, 3.05) is 0 Å². The van der Waals surface area contributed by atoms with Crippen LogP contribution in [0, 0.1) is 0 Å². The third-order valence-corrected chi connectivity index (χ3v) is 5.17. The average Bonchev–Trinajstić information content (AvgIpc) is 2.62. The van der Waals surface area contributed by atoms with E-state index < -0.39 is 6.04 Å². The van der Waals surface area contributed by atoms with Gasteiger partial charge in [0.15, 0.2) is 0 Å². The Morgan fingerprint density at radius 2 is 1.50 bits per heavy atom. The first-order valence-corrected chi connectivity index (χ1v) is 9.84. The van der Waals surface area contributed by atoms with E-state index in [4.69, 9.17) is 0 Å². The maximum Gasteiger partial charge on any atom is 0.321 e. The van der Waals surface area contributed by atoms with Crippen molar-refractivity contribution in [2.24, 2.45) is 0 Å². The highest BCUT2D eigenvalue weighted by Gasteiger charge is 2.21. The second-order valence-corrected chi connectivity index (χ2v) is 7.73. The summed E-state index contributed by atoms with van der Waals surface area (Å²) in [4.78, 5) is 24.3. The number of benzene rings is 1. The maximum absolute atomic E-state index is 12.3. The number of hydrogen-bond acceptors (Lipinski definition) is 3. The second kappa shape index (κ2) is 9.72. The molecule has 3 amide bonds. The van der Waals surface area contributed by atoms with E-state index in [1.54, 1.807) is 6.92 Å². The van der Waals surface area contributed by atoms with Gasteiger partial charge in [0, 0.05) is 12.1 Å². The lowest BCUT2D eigenvalue weighted by Gasteiger charge is -2.24. The molecule has 0 radical (unpaired) electrons. The Bertz CT molecular complexity index is 592. The largest absolute Gasteiger partial charge is 0.335 e. The van der Waals surface area contributed by atoms with Gasteiger partial charge in [0.1, 0.15) is 0 Å². The van der Waals surface area contributed by atoms with Crippen molar-refractivity contribution in [2.45, 2.75) is 83.8 Å². The molecule has 1 aromatic rings. The van der Waals surface area contributed by atoms with Gasteiger partial charge in [0.2, 0.25) is 5.91 Å². The van der Waals surface area contributed by atoms with E-state index in [1.165, 1.54) is 12.0 Å². The highest BCUT2D eigenvalue weighted by atomic mass is 16.2. The molecule has 1 fully saturated rings. The van der Waals surface area contributed by atoms with Gasteiger partial charge in [-0.2, -0.15) is 0 Å². The molecule has 5 nitrogen and oxygen atoms in total. The third kappa shape index (κ3) is 6.13. The van der Waals surface area contributed by atoms with Crippen LogP contribution in [0.3, 0.4) is 0 Å². The summed E-state index contributed by atoms with van der Waals surface area (Å²) in [5.74, 6) is 0.198. The molecule has 3 N–H and O–H groups in total. The number of imide groups is 1. The lowest BCUT2D eigenvalue weighted by molar-refractivity contribution is -0.121. The van der Waals surface area contributed by atoms with E-state index in [0.29, 0.717) is 5.92 Å². The first-order chi connectivity index (χ1) is 12.4. The fraction of sp³-hybridized carbons (Fsp3) is 0.619.